The standard InChI is InChI=1S/C25H18N4OS/c30-23(20-13-11-19(12-14-20)18-7-3-1-4-8-18)16-31-25-22-15-28-29(24(22)26-17-27-25)21-9-5-2-6-10-21/h1-15,17H,16H2. The molecule has 0 aliphatic carbocycles. The van der Waals surface area contributed by atoms with Gasteiger partial charge in [0.05, 0.1) is 23.0 Å². The average molecular weight is 423 g/mol. The van der Waals surface area contributed by atoms with Gasteiger partial charge in [0.1, 0.15) is 11.4 Å². The quantitative estimate of drug-likeness (QED) is 0.207. The molecule has 0 saturated carbocycles. The van der Waals surface area contributed by atoms with Crippen molar-refractivity contribution in [2.45, 2.75) is 5.03 Å². The summed E-state index contributed by atoms with van der Waals surface area (Å²) < 4.78 is 1.78. The first-order valence-corrected chi connectivity index (χ1v) is 10.8. The minimum Gasteiger partial charge on any atom is -0.293 e. The van der Waals surface area contributed by atoms with Crippen molar-refractivity contribution in [3.8, 4) is 16.8 Å². The van der Waals surface area contributed by atoms with Gasteiger partial charge in [-0.2, -0.15) is 5.10 Å². The Morgan fingerprint density at radius 3 is 2.23 bits per heavy atom. The number of carbonyl (C=O) groups excluding carboxylic acids is 1. The van der Waals surface area contributed by atoms with Crippen LogP contribution in [-0.4, -0.2) is 31.3 Å². The minimum absolute atomic E-state index is 0.0619. The van der Waals surface area contributed by atoms with Gasteiger partial charge in [-0.3, -0.25) is 4.79 Å². The second-order valence-electron chi connectivity index (χ2n) is 6.96. The van der Waals surface area contributed by atoms with E-state index >= 15 is 0 Å². The molecule has 2 heterocycles. The fourth-order valence-electron chi connectivity index (χ4n) is 3.39. The van der Waals surface area contributed by atoms with Crippen LogP contribution >= 0.6 is 11.8 Å². The average Bonchev–Trinajstić information content (AvgIpc) is 3.29. The SMILES string of the molecule is O=C(CSc1ncnc2c1cnn2-c1ccccc1)c1ccc(-c2ccccc2)cc1. The van der Waals surface area contributed by atoms with Crippen molar-refractivity contribution in [2.24, 2.45) is 0 Å². The number of rotatable bonds is 6. The zero-order valence-electron chi connectivity index (χ0n) is 16.6. The normalized spacial score (nSPS) is 11.0. The van der Waals surface area contributed by atoms with Gasteiger partial charge in [-0.25, -0.2) is 14.6 Å². The first kappa shape index (κ1) is 19.2. The lowest BCUT2D eigenvalue weighted by Gasteiger charge is -2.05. The van der Waals surface area contributed by atoms with Crippen molar-refractivity contribution in [1.29, 1.82) is 0 Å². The number of hydrogen-bond acceptors (Lipinski definition) is 5. The predicted molar refractivity (Wildman–Crippen MR) is 124 cm³/mol. The molecule has 5 nitrogen and oxygen atoms in total. The Morgan fingerprint density at radius 2 is 1.48 bits per heavy atom. The van der Waals surface area contributed by atoms with Crippen molar-refractivity contribution in [3.63, 3.8) is 0 Å². The number of para-hydroxylation sites is 1. The fourth-order valence-corrected chi connectivity index (χ4v) is 4.25. The van der Waals surface area contributed by atoms with Crippen molar-refractivity contribution in [1.82, 2.24) is 19.7 Å². The molecule has 0 N–H and O–H groups in total. The third-order valence-electron chi connectivity index (χ3n) is 4.98. The van der Waals surface area contributed by atoms with Crippen molar-refractivity contribution in [3.05, 3.63) is 103 Å². The van der Waals surface area contributed by atoms with E-state index in [1.54, 1.807) is 10.9 Å². The van der Waals surface area contributed by atoms with Crippen LogP contribution in [0.1, 0.15) is 10.4 Å². The van der Waals surface area contributed by atoms with E-state index in [1.807, 2.05) is 72.8 Å². The van der Waals surface area contributed by atoms with Crippen LogP contribution < -0.4 is 0 Å². The second kappa shape index (κ2) is 8.53. The van der Waals surface area contributed by atoms with E-state index in [2.05, 4.69) is 27.2 Å². The summed E-state index contributed by atoms with van der Waals surface area (Å²) >= 11 is 1.41. The summed E-state index contributed by atoms with van der Waals surface area (Å²) in [7, 11) is 0. The number of carbonyl (C=O) groups is 1. The largest absolute Gasteiger partial charge is 0.293 e. The second-order valence-corrected chi connectivity index (χ2v) is 7.93. The number of fused-ring (bicyclic) bond motifs is 1. The zero-order valence-corrected chi connectivity index (χ0v) is 17.4. The van der Waals surface area contributed by atoms with E-state index in [4.69, 9.17) is 0 Å². The minimum atomic E-state index is 0.0619. The van der Waals surface area contributed by atoms with Gasteiger partial charge in [0, 0.05) is 5.56 Å². The molecule has 6 heteroatoms. The van der Waals surface area contributed by atoms with Gasteiger partial charge in [-0.15, -0.1) is 0 Å². The Kier molecular flexibility index (Phi) is 5.29. The van der Waals surface area contributed by atoms with Crippen LogP contribution in [0.2, 0.25) is 0 Å². The molecule has 150 valence electrons. The van der Waals surface area contributed by atoms with Gasteiger partial charge in [-0.1, -0.05) is 84.6 Å². The summed E-state index contributed by atoms with van der Waals surface area (Å²) in [6, 6.07) is 27.7. The lowest BCUT2D eigenvalue weighted by Crippen LogP contribution is -2.03. The summed E-state index contributed by atoms with van der Waals surface area (Å²) in [5, 5.41) is 6.05. The molecule has 0 aliphatic rings. The lowest BCUT2D eigenvalue weighted by atomic mass is 10.0. The molecule has 0 amide bonds. The van der Waals surface area contributed by atoms with E-state index in [9.17, 15) is 4.79 Å². The highest BCUT2D eigenvalue weighted by atomic mass is 32.2. The summed E-state index contributed by atoms with van der Waals surface area (Å²) in [4.78, 5) is 21.5. The summed E-state index contributed by atoms with van der Waals surface area (Å²) in [5.41, 5.74) is 4.58. The number of ketones is 1. The maximum absolute atomic E-state index is 12.7. The predicted octanol–water partition coefficient (Wildman–Crippen LogP) is 5.46. The molecular formula is C25H18N4OS. The summed E-state index contributed by atoms with van der Waals surface area (Å²) in [6.45, 7) is 0. The number of Topliss-reactive ketones (excluding diaryl/α,β-unsaturated/α-hetero) is 1. The maximum Gasteiger partial charge on any atom is 0.173 e. The first-order valence-electron chi connectivity index (χ1n) is 9.85. The monoisotopic (exact) mass is 422 g/mol. The van der Waals surface area contributed by atoms with Gasteiger partial charge in [0.2, 0.25) is 0 Å². The van der Waals surface area contributed by atoms with Crippen LogP contribution in [0.25, 0.3) is 27.8 Å². The molecule has 31 heavy (non-hydrogen) atoms. The molecule has 0 radical (unpaired) electrons. The number of aromatic nitrogens is 4. The highest BCUT2D eigenvalue weighted by Gasteiger charge is 2.14. The van der Waals surface area contributed by atoms with Gasteiger partial charge < -0.3 is 0 Å². The molecule has 0 bridgehead atoms. The first-order chi connectivity index (χ1) is 15.3. The number of thioether (sulfide) groups is 1. The van der Waals surface area contributed by atoms with Gasteiger partial charge in [0.15, 0.2) is 11.4 Å². The molecule has 3 aromatic carbocycles. The summed E-state index contributed by atoms with van der Waals surface area (Å²) in [5.74, 6) is 0.361. The Morgan fingerprint density at radius 1 is 0.806 bits per heavy atom. The van der Waals surface area contributed by atoms with Crippen LogP contribution in [0.15, 0.2) is 102 Å². The molecule has 0 aliphatic heterocycles. The molecule has 2 aromatic heterocycles. The lowest BCUT2D eigenvalue weighted by molar-refractivity contribution is 0.102. The van der Waals surface area contributed by atoms with Crippen LogP contribution in [0, 0.1) is 0 Å². The number of hydrogen-bond donors (Lipinski definition) is 0. The van der Waals surface area contributed by atoms with E-state index in [0.29, 0.717) is 11.3 Å². The molecule has 5 aromatic rings. The third-order valence-corrected chi connectivity index (χ3v) is 5.99. The van der Waals surface area contributed by atoms with Crippen LogP contribution in [0.4, 0.5) is 0 Å². The maximum atomic E-state index is 12.7. The number of nitrogens with zero attached hydrogens (tertiary/aromatic N) is 4. The van der Waals surface area contributed by atoms with Crippen LogP contribution in [0.5, 0.6) is 0 Å². The zero-order chi connectivity index (χ0) is 21.0. The Hall–Kier alpha value is -3.77. The third kappa shape index (κ3) is 3.98. The highest BCUT2D eigenvalue weighted by Crippen LogP contribution is 2.27. The molecule has 0 unspecified atom stereocenters. The van der Waals surface area contributed by atoms with Gasteiger partial charge in [-0.05, 0) is 23.3 Å². The van der Waals surface area contributed by atoms with Crippen molar-refractivity contribution < 1.29 is 4.79 Å². The molecule has 0 fully saturated rings. The molecular weight excluding hydrogens is 404 g/mol. The van der Waals surface area contributed by atoms with Crippen molar-refractivity contribution in [2.75, 3.05) is 5.75 Å². The van der Waals surface area contributed by atoms with E-state index < -0.39 is 0 Å². The van der Waals surface area contributed by atoms with Crippen molar-refractivity contribution >= 4 is 28.6 Å². The van der Waals surface area contributed by atoms with E-state index in [1.165, 1.54) is 18.1 Å². The molecule has 5 rings (SSSR count). The smallest absolute Gasteiger partial charge is 0.173 e. The molecule has 0 atom stereocenters. The molecule has 0 saturated heterocycles. The Bertz CT molecular complexity index is 1330. The van der Waals surface area contributed by atoms with Gasteiger partial charge >= 0.3 is 0 Å². The van der Waals surface area contributed by atoms with E-state index in [0.717, 1.165) is 32.9 Å². The summed E-state index contributed by atoms with van der Waals surface area (Å²) in [6.07, 6.45) is 3.27. The Labute approximate surface area is 183 Å². The Balaban J connectivity index is 1.33. The van der Waals surface area contributed by atoms with Crippen LogP contribution in [0.3, 0.4) is 0 Å². The fraction of sp³-hybridized carbons (Fsp3) is 0.0400. The topological polar surface area (TPSA) is 60.7 Å². The van der Waals surface area contributed by atoms with Gasteiger partial charge in [0.25, 0.3) is 0 Å². The van der Waals surface area contributed by atoms with Crippen LogP contribution in [-0.2, 0) is 0 Å². The molecule has 0 spiro atoms. The number of benzene rings is 3. The van der Waals surface area contributed by atoms with E-state index in [-0.39, 0.29) is 5.78 Å². The highest BCUT2D eigenvalue weighted by molar-refractivity contribution is 8.00.